The van der Waals surface area contributed by atoms with E-state index in [1.54, 1.807) is 4.90 Å². The van der Waals surface area contributed by atoms with E-state index in [2.05, 4.69) is 28.5 Å². The molecule has 3 aromatic rings. The summed E-state index contributed by atoms with van der Waals surface area (Å²) in [5.74, 6) is 0.347. The molecule has 2 unspecified atom stereocenters. The number of carbonyl (C=O) groups is 2. The molecule has 190 valence electrons. The molecule has 3 aliphatic heterocycles. The van der Waals surface area contributed by atoms with Crippen molar-refractivity contribution in [2.45, 2.75) is 45.6 Å². The Kier molecular flexibility index (Phi) is 5.64. The fourth-order valence-corrected chi connectivity index (χ4v) is 5.86. The third-order valence-corrected chi connectivity index (χ3v) is 7.79. The largest absolute Gasteiger partial charge is 0.384 e. The Morgan fingerprint density at radius 2 is 1.78 bits per heavy atom. The number of nitrogens with zero attached hydrogens (tertiary/aromatic N) is 3. The van der Waals surface area contributed by atoms with Gasteiger partial charge >= 0.3 is 6.03 Å². The third-order valence-electron chi connectivity index (χ3n) is 7.79. The van der Waals surface area contributed by atoms with Crippen LogP contribution in [0, 0.1) is 13.8 Å². The molecule has 2 atom stereocenters. The number of rotatable bonds is 5. The molecule has 8 heteroatoms. The number of nitrogens with one attached hydrogen (secondary N) is 1. The maximum absolute atomic E-state index is 13.1. The number of ether oxygens (including phenoxy) is 1. The number of pyridine rings is 1. The van der Waals surface area contributed by atoms with Crippen molar-refractivity contribution in [2.24, 2.45) is 0 Å². The fourth-order valence-electron chi connectivity index (χ4n) is 5.86. The molecule has 8 nitrogen and oxygen atoms in total. The second-order valence-corrected chi connectivity index (χ2v) is 10.3. The van der Waals surface area contributed by atoms with E-state index in [1.807, 2.05) is 50.1 Å². The quantitative estimate of drug-likeness (QED) is 0.555. The topological polar surface area (TPSA) is 101 Å². The van der Waals surface area contributed by atoms with Gasteiger partial charge in [0.2, 0.25) is 0 Å². The van der Waals surface area contributed by atoms with Crippen molar-refractivity contribution in [1.82, 2.24) is 20.1 Å². The predicted molar refractivity (Wildman–Crippen MR) is 140 cm³/mol. The average Bonchev–Trinajstić information content (AvgIpc) is 3.43. The summed E-state index contributed by atoms with van der Waals surface area (Å²) in [6.07, 6.45) is 0.663. The van der Waals surface area contributed by atoms with Gasteiger partial charge in [-0.1, -0.05) is 24.3 Å². The van der Waals surface area contributed by atoms with Crippen molar-refractivity contribution in [3.8, 4) is 0 Å². The number of benzene rings is 2. The standard InChI is InChI=1S/C29H31N5O3/c1-16-11-25(30)32-17(2)24(16)14-31-28(35)19-6-8-21-23(13-19)27-22-12-18(5-7-20(22)26(21)37-27)15-34-10-4-9-33(3)29(34)36/h5-8,11-13,26-27H,4,9-10,14-15H2,1-3H3,(H2,30,32)(H,31,35). The van der Waals surface area contributed by atoms with Gasteiger partial charge in [-0.3, -0.25) is 4.79 Å². The maximum atomic E-state index is 13.1. The zero-order chi connectivity index (χ0) is 25.8. The summed E-state index contributed by atoms with van der Waals surface area (Å²) in [7, 11) is 1.85. The van der Waals surface area contributed by atoms with Gasteiger partial charge < -0.3 is 25.6 Å². The number of fused-ring (bicyclic) bond motifs is 8. The number of carbonyl (C=O) groups excluding carboxylic acids is 2. The van der Waals surface area contributed by atoms with Crippen LogP contribution < -0.4 is 11.1 Å². The summed E-state index contributed by atoms with van der Waals surface area (Å²) in [5, 5.41) is 3.03. The van der Waals surface area contributed by atoms with Gasteiger partial charge in [0.25, 0.3) is 5.91 Å². The van der Waals surface area contributed by atoms with Crippen LogP contribution >= 0.6 is 0 Å². The molecule has 3 N–H and O–H groups in total. The molecule has 0 saturated carbocycles. The number of amides is 3. The van der Waals surface area contributed by atoms with Gasteiger partial charge in [0, 0.05) is 44.5 Å². The summed E-state index contributed by atoms with van der Waals surface area (Å²) >= 11 is 0. The third kappa shape index (κ3) is 4.01. The Labute approximate surface area is 216 Å². The van der Waals surface area contributed by atoms with E-state index >= 15 is 0 Å². The second kappa shape index (κ2) is 8.88. The van der Waals surface area contributed by atoms with Crippen molar-refractivity contribution in [1.29, 1.82) is 0 Å². The average molecular weight is 498 g/mol. The minimum Gasteiger partial charge on any atom is -0.384 e. The zero-order valence-electron chi connectivity index (χ0n) is 21.4. The van der Waals surface area contributed by atoms with Gasteiger partial charge in [0.1, 0.15) is 18.0 Å². The Morgan fingerprint density at radius 1 is 1.05 bits per heavy atom. The molecule has 1 fully saturated rings. The summed E-state index contributed by atoms with van der Waals surface area (Å²) in [6, 6.07) is 14.1. The highest BCUT2D eigenvalue weighted by Gasteiger charge is 2.43. The minimum atomic E-state index is -0.201. The number of hydrogen-bond acceptors (Lipinski definition) is 5. The SMILES string of the molecule is Cc1cc(N)nc(C)c1CNC(=O)c1ccc2c(c1)C1OC2c2ccc(CN3CCCN(C)C3=O)cc21. The van der Waals surface area contributed by atoms with E-state index in [9.17, 15) is 9.59 Å². The lowest BCUT2D eigenvalue weighted by atomic mass is 9.84. The molecule has 2 aromatic carbocycles. The number of urea groups is 1. The maximum Gasteiger partial charge on any atom is 0.320 e. The van der Waals surface area contributed by atoms with Crippen LogP contribution in [0.3, 0.4) is 0 Å². The molecule has 6 rings (SSSR count). The van der Waals surface area contributed by atoms with Crippen LogP contribution in [0.5, 0.6) is 0 Å². The summed E-state index contributed by atoms with van der Waals surface area (Å²) in [4.78, 5) is 33.6. The second-order valence-electron chi connectivity index (χ2n) is 10.3. The summed E-state index contributed by atoms with van der Waals surface area (Å²) < 4.78 is 6.36. The first-order valence-electron chi connectivity index (χ1n) is 12.7. The van der Waals surface area contributed by atoms with Crippen molar-refractivity contribution in [2.75, 3.05) is 25.9 Å². The van der Waals surface area contributed by atoms with Gasteiger partial charge in [0.05, 0.1) is 0 Å². The molecule has 3 aliphatic rings. The van der Waals surface area contributed by atoms with E-state index in [0.717, 1.165) is 58.6 Å². The summed E-state index contributed by atoms with van der Waals surface area (Å²) in [5.41, 5.74) is 14.8. The number of aryl methyl sites for hydroxylation is 2. The molecule has 4 heterocycles. The van der Waals surface area contributed by atoms with Crippen LogP contribution in [0.1, 0.15) is 73.6 Å². The molecule has 1 saturated heterocycles. The first-order valence-corrected chi connectivity index (χ1v) is 12.7. The van der Waals surface area contributed by atoms with Gasteiger partial charge in [-0.25, -0.2) is 9.78 Å². The molecule has 0 spiro atoms. The van der Waals surface area contributed by atoms with E-state index in [0.29, 0.717) is 24.5 Å². The van der Waals surface area contributed by atoms with E-state index in [4.69, 9.17) is 10.5 Å². The number of hydrogen-bond donors (Lipinski definition) is 2. The highest BCUT2D eigenvalue weighted by atomic mass is 16.5. The van der Waals surface area contributed by atoms with E-state index in [-0.39, 0.29) is 24.1 Å². The first kappa shape index (κ1) is 23.5. The van der Waals surface area contributed by atoms with Crippen LogP contribution in [-0.2, 0) is 17.8 Å². The van der Waals surface area contributed by atoms with Gasteiger partial charge in [-0.2, -0.15) is 0 Å². The molecular formula is C29H31N5O3. The Balaban J connectivity index is 1.20. The Bertz CT molecular complexity index is 1410. The first-order chi connectivity index (χ1) is 17.8. The monoisotopic (exact) mass is 497 g/mol. The van der Waals surface area contributed by atoms with Gasteiger partial charge in [-0.05, 0) is 77.4 Å². The van der Waals surface area contributed by atoms with Crippen molar-refractivity contribution < 1.29 is 14.3 Å². The highest BCUT2D eigenvalue weighted by Crippen LogP contribution is 2.54. The number of nitrogen functional groups attached to an aromatic ring is 1. The molecule has 1 aromatic heterocycles. The highest BCUT2D eigenvalue weighted by molar-refractivity contribution is 5.94. The lowest BCUT2D eigenvalue weighted by Crippen LogP contribution is -2.46. The van der Waals surface area contributed by atoms with Crippen molar-refractivity contribution in [3.05, 3.63) is 92.7 Å². The van der Waals surface area contributed by atoms with E-state index < -0.39 is 0 Å². The van der Waals surface area contributed by atoms with Crippen molar-refractivity contribution >= 4 is 17.8 Å². The van der Waals surface area contributed by atoms with Crippen LogP contribution in [0.25, 0.3) is 0 Å². The zero-order valence-corrected chi connectivity index (χ0v) is 21.4. The lowest BCUT2D eigenvalue weighted by Gasteiger charge is -2.33. The molecule has 37 heavy (non-hydrogen) atoms. The van der Waals surface area contributed by atoms with Gasteiger partial charge in [0.15, 0.2) is 0 Å². The summed E-state index contributed by atoms with van der Waals surface area (Å²) in [6.45, 7) is 6.43. The fraction of sp³-hybridized carbons (Fsp3) is 0.345. The number of nitrogens with two attached hydrogens (primary N) is 1. The Morgan fingerprint density at radius 3 is 2.57 bits per heavy atom. The van der Waals surface area contributed by atoms with Crippen molar-refractivity contribution in [3.63, 3.8) is 0 Å². The van der Waals surface area contributed by atoms with Crippen LogP contribution in [0.2, 0.25) is 0 Å². The molecule has 0 aliphatic carbocycles. The van der Waals surface area contributed by atoms with Crippen LogP contribution in [-0.4, -0.2) is 46.9 Å². The minimum absolute atomic E-state index is 0.0747. The molecule has 3 amide bonds. The predicted octanol–water partition coefficient (Wildman–Crippen LogP) is 3.99. The molecule has 2 bridgehead atoms. The smallest absolute Gasteiger partial charge is 0.320 e. The van der Waals surface area contributed by atoms with Crippen LogP contribution in [0.4, 0.5) is 10.6 Å². The lowest BCUT2D eigenvalue weighted by molar-refractivity contribution is 0.0857. The Hall–Kier alpha value is -3.91. The number of aromatic nitrogens is 1. The van der Waals surface area contributed by atoms with Crippen LogP contribution in [0.15, 0.2) is 42.5 Å². The number of anilines is 1. The molecular weight excluding hydrogens is 466 g/mol. The van der Waals surface area contributed by atoms with E-state index in [1.165, 1.54) is 5.56 Å². The molecule has 0 radical (unpaired) electrons. The van der Waals surface area contributed by atoms with Gasteiger partial charge in [-0.15, -0.1) is 0 Å². The normalized spacial score (nSPS) is 19.7.